The van der Waals surface area contributed by atoms with Crippen LogP contribution in [-0.4, -0.2) is 25.4 Å². The molecule has 0 spiro atoms. The average Bonchev–Trinajstić information content (AvgIpc) is 3.19. The normalized spacial score (nSPS) is 17.6. The van der Waals surface area contributed by atoms with Crippen molar-refractivity contribution in [3.05, 3.63) is 35.6 Å². The molecule has 110 valence electrons. The third kappa shape index (κ3) is 3.96. The van der Waals surface area contributed by atoms with Crippen molar-refractivity contribution in [1.29, 1.82) is 0 Å². The van der Waals surface area contributed by atoms with E-state index < -0.39 is 0 Å². The summed E-state index contributed by atoms with van der Waals surface area (Å²) >= 11 is 1.71. The Morgan fingerprint density at radius 2 is 2.30 bits per heavy atom. The molecule has 1 aliphatic rings. The molecule has 1 saturated carbocycles. The van der Waals surface area contributed by atoms with E-state index in [0.717, 1.165) is 24.2 Å². The van der Waals surface area contributed by atoms with Crippen molar-refractivity contribution in [2.24, 2.45) is 11.1 Å². The van der Waals surface area contributed by atoms with Crippen molar-refractivity contribution in [2.45, 2.75) is 24.5 Å². The molecule has 0 amide bonds. The largest absolute Gasteiger partial charge is 0.469 e. The van der Waals surface area contributed by atoms with Crippen LogP contribution in [-0.2, 0) is 9.53 Å². The van der Waals surface area contributed by atoms with Crippen LogP contribution < -0.4 is 5.73 Å². The summed E-state index contributed by atoms with van der Waals surface area (Å²) in [7, 11) is 1.42. The first-order valence-corrected chi connectivity index (χ1v) is 7.77. The Hall–Kier alpha value is -1.07. The van der Waals surface area contributed by atoms with Gasteiger partial charge in [0.25, 0.3) is 0 Å². The molecule has 1 aromatic carbocycles. The number of carbonyl (C=O) groups excluding carboxylic acids is 1. The summed E-state index contributed by atoms with van der Waals surface area (Å²) in [5.74, 6) is 0.468. The molecule has 1 unspecified atom stereocenters. The van der Waals surface area contributed by atoms with Gasteiger partial charge in [0.15, 0.2) is 0 Å². The third-order valence-corrected chi connectivity index (χ3v) is 5.38. The SMILES string of the molecule is COC(=O)CC1(CSC(CN)c2cccc(F)c2)CC1. The number of esters is 1. The van der Waals surface area contributed by atoms with Crippen LogP contribution in [0.4, 0.5) is 4.39 Å². The van der Waals surface area contributed by atoms with Crippen molar-refractivity contribution in [1.82, 2.24) is 0 Å². The molecule has 5 heteroatoms. The molecule has 0 radical (unpaired) electrons. The maximum absolute atomic E-state index is 13.3. The van der Waals surface area contributed by atoms with Crippen LogP contribution in [0.1, 0.15) is 30.1 Å². The highest BCUT2D eigenvalue weighted by Crippen LogP contribution is 2.52. The lowest BCUT2D eigenvalue weighted by Crippen LogP contribution is -2.16. The lowest BCUT2D eigenvalue weighted by atomic mass is 10.1. The molecule has 1 aromatic rings. The van der Waals surface area contributed by atoms with E-state index in [4.69, 9.17) is 10.5 Å². The van der Waals surface area contributed by atoms with Gasteiger partial charge in [-0.15, -0.1) is 0 Å². The van der Waals surface area contributed by atoms with Gasteiger partial charge in [-0.25, -0.2) is 4.39 Å². The third-order valence-electron chi connectivity index (χ3n) is 3.73. The molecular weight excluding hydrogens is 277 g/mol. The second-order valence-corrected chi connectivity index (χ2v) is 6.53. The standard InChI is InChI=1S/C15H20FNO2S/c1-19-14(18)8-15(5-6-15)10-20-13(9-17)11-3-2-4-12(16)7-11/h2-4,7,13H,5-6,8-10,17H2,1H3. The fourth-order valence-electron chi connectivity index (χ4n) is 2.21. The van der Waals surface area contributed by atoms with Crippen molar-refractivity contribution < 1.29 is 13.9 Å². The van der Waals surface area contributed by atoms with Crippen molar-refractivity contribution in [3.8, 4) is 0 Å². The first-order chi connectivity index (χ1) is 9.58. The first kappa shape index (κ1) is 15.3. The summed E-state index contributed by atoms with van der Waals surface area (Å²) < 4.78 is 18.0. The summed E-state index contributed by atoms with van der Waals surface area (Å²) in [5.41, 5.74) is 6.77. The Labute approximate surface area is 123 Å². The summed E-state index contributed by atoms with van der Waals surface area (Å²) in [6.07, 6.45) is 2.57. The van der Waals surface area contributed by atoms with E-state index >= 15 is 0 Å². The number of hydrogen-bond donors (Lipinski definition) is 1. The fourth-order valence-corrected chi connectivity index (χ4v) is 3.63. The first-order valence-electron chi connectivity index (χ1n) is 6.72. The lowest BCUT2D eigenvalue weighted by Gasteiger charge is -2.19. The summed E-state index contributed by atoms with van der Waals surface area (Å²) in [5, 5.41) is 0.0702. The number of benzene rings is 1. The second-order valence-electron chi connectivity index (χ2n) is 5.34. The number of methoxy groups -OCH3 is 1. The van der Waals surface area contributed by atoms with E-state index in [1.165, 1.54) is 19.2 Å². The molecule has 0 aliphatic heterocycles. The predicted octanol–water partition coefficient (Wildman–Crippen LogP) is 2.90. The fraction of sp³-hybridized carbons (Fsp3) is 0.533. The molecule has 0 saturated heterocycles. The van der Waals surface area contributed by atoms with Crippen LogP contribution >= 0.6 is 11.8 Å². The maximum Gasteiger partial charge on any atom is 0.306 e. The molecule has 0 aromatic heterocycles. The highest BCUT2D eigenvalue weighted by atomic mass is 32.2. The van der Waals surface area contributed by atoms with Gasteiger partial charge < -0.3 is 10.5 Å². The van der Waals surface area contributed by atoms with E-state index in [2.05, 4.69) is 0 Å². The number of thioether (sulfide) groups is 1. The Bertz CT molecular complexity index is 477. The number of hydrogen-bond acceptors (Lipinski definition) is 4. The van der Waals surface area contributed by atoms with Gasteiger partial charge in [0.05, 0.1) is 13.5 Å². The number of nitrogens with two attached hydrogens (primary N) is 1. The predicted molar refractivity (Wildman–Crippen MR) is 79.0 cm³/mol. The van der Waals surface area contributed by atoms with Crippen LogP contribution in [0.2, 0.25) is 0 Å². The highest BCUT2D eigenvalue weighted by Gasteiger charge is 2.44. The highest BCUT2D eigenvalue weighted by molar-refractivity contribution is 7.99. The molecule has 20 heavy (non-hydrogen) atoms. The molecule has 2 rings (SSSR count). The quantitative estimate of drug-likeness (QED) is 0.786. The lowest BCUT2D eigenvalue weighted by molar-refractivity contribution is -0.141. The number of rotatable bonds is 7. The monoisotopic (exact) mass is 297 g/mol. The van der Waals surface area contributed by atoms with Crippen molar-refractivity contribution >= 4 is 17.7 Å². The van der Waals surface area contributed by atoms with Crippen LogP contribution in [0.5, 0.6) is 0 Å². The van der Waals surface area contributed by atoms with Crippen LogP contribution in [0.3, 0.4) is 0 Å². The Balaban J connectivity index is 1.93. The summed E-state index contributed by atoms with van der Waals surface area (Å²) in [4.78, 5) is 11.4. The van der Waals surface area contributed by atoms with Gasteiger partial charge >= 0.3 is 5.97 Å². The van der Waals surface area contributed by atoms with Gasteiger partial charge in [-0.1, -0.05) is 12.1 Å². The van der Waals surface area contributed by atoms with Crippen molar-refractivity contribution in [2.75, 3.05) is 19.4 Å². The van der Waals surface area contributed by atoms with Crippen molar-refractivity contribution in [3.63, 3.8) is 0 Å². The molecule has 2 N–H and O–H groups in total. The molecule has 0 heterocycles. The van der Waals surface area contributed by atoms with Gasteiger partial charge in [0.2, 0.25) is 0 Å². The van der Waals surface area contributed by atoms with E-state index in [1.54, 1.807) is 17.8 Å². The minimum absolute atomic E-state index is 0.0680. The molecule has 1 atom stereocenters. The van der Waals surface area contributed by atoms with Gasteiger partial charge in [0, 0.05) is 17.5 Å². The Morgan fingerprint density at radius 3 is 2.85 bits per heavy atom. The van der Waals surface area contributed by atoms with Gasteiger partial charge in [-0.3, -0.25) is 4.79 Å². The topological polar surface area (TPSA) is 52.3 Å². The van der Waals surface area contributed by atoms with Crippen LogP contribution in [0.15, 0.2) is 24.3 Å². The number of ether oxygens (including phenoxy) is 1. The van der Waals surface area contributed by atoms with E-state index in [-0.39, 0.29) is 22.5 Å². The minimum Gasteiger partial charge on any atom is -0.469 e. The molecule has 0 bridgehead atoms. The molecule has 3 nitrogen and oxygen atoms in total. The van der Waals surface area contributed by atoms with E-state index in [0.29, 0.717) is 13.0 Å². The van der Waals surface area contributed by atoms with Crippen LogP contribution in [0, 0.1) is 11.2 Å². The molecule has 1 fully saturated rings. The average molecular weight is 297 g/mol. The smallest absolute Gasteiger partial charge is 0.306 e. The minimum atomic E-state index is -0.239. The number of halogens is 1. The molecular formula is C15H20FNO2S. The molecule has 1 aliphatic carbocycles. The zero-order valence-electron chi connectivity index (χ0n) is 11.6. The maximum atomic E-state index is 13.3. The Kier molecular flexibility index (Phi) is 5.05. The van der Waals surface area contributed by atoms with Gasteiger partial charge in [-0.2, -0.15) is 11.8 Å². The van der Waals surface area contributed by atoms with E-state index in [9.17, 15) is 9.18 Å². The zero-order valence-corrected chi connectivity index (χ0v) is 12.4. The van der Waals surface area contributed by atoms with Crippen LogP contribution in [0.25, 0.3) is 0 Å². The van der Waals surface area contributed by atoms with Gasteiger partial charge in [-0.05, 0) is 36.0 Å². The number of carbonyl (C=O) groups is 1. The van der Waals surface area contributed by atoms with Gasteiger partial charge in [0.1, 0.15) is 5.82 Å². The Morgan fingerprint density at radius 1 is 1.55 bits per heavy atom. The summed E-state index contributed by atoms with van der Waals surface area (Å²) in [6.45, 7) is 0.461. The summed E-state index contributed by atoms with van der Waals surface area (Å²) in [6, 6.07) is 6.56. The van der Waals surface area contributed by atoms with E-state index in [1.807, 2.05) is 6.07 Å². The zero-order chi connectivity index (χ0) is 14.6. The second kappa shape index (κ2) is 6.59.